The van der Waals surface area contributed by atoms with Crippen LogP contribution in [0.15, 0.2) is 65.6 Å². The molecular weight excluding hydrogens is 392 g/mol. The van der Waals surface area contributed by atoms with Gasteiger partial charge in [0.25, 0.3) is 5.56 Å². The summed E-state index contributed by atoms with van der Waals surface area (Å²) < 4.78 is 2.88. The van der Waals surface area contributed by atoms with Crippen LogP contribution in [0.2, 0.25) is 5.02 Å². The standard InChI is InChI=1S/C20H17ClN6O2/c21-15-7-5-14(6-8-15)13-27-18(9-11-22-27)23-19(28)10-12-26-20(29)16-3-1-2-4-17(16)24-25-26/h1-9,11H,10,12-13H2,(H,23,28). The third-order valence-electron chi connectivity index (χ3n) is 4.41. The number of benzene rings is 2. The molecule has 0 saturated carbocycles. The van der Waals surface area contributed by atoms with Gasteiger partial charge in [-0.3, -0.25) is 9.59 Å². The highest BCUT2D eigenvalue weighted by Crippen LogP contribution is 2.14. The summed E-state index contributed by atoms with van der Waals surface area (Å²) in [6, 6.07) is 16.1. The number of amides is 1. The molecule has 0 radical (unpaired) electrons. The second kappa shape index (κ2) is 8.24. The fourth-order valence-electron chi connectivity index (χ4n) is 2.91. The molecule has 0 spiro atoms. The number of hydrogen-bond acceptors (Lipinski definition) is 5. The van der Waals surface area contributed by atoms with Gasteiger partial charge in [-0.25, -0.2) is 9.36 Å². The van der Waals surface area contributed by atoms with E-state index in [2.05, 4.69) is 20.7 Å². The van der Waals surface area contributed by atoms with E-state index in [-0.39, 0.29) is 24.4 Å². The van der Waals surface area contributed by atoms with Gasteiger partial charge in [0.05, 0.1) is 24.7 Å². The summed E-state index contributed by atoms with van der Waals surface area (Å²) in [6.07, 6.45) is 1.70. The third kappa shape index (κ3) is 4.33. The number of nitrogens with one attached hydrogen (secondary N) is 1. The summed E-state index contributed by atoms with van der Waals surface area (Å²) in [4.78, 5) is 24.8. The van der Waals surface area contributed by atoms with E-state index in [4.69, 9.17) is 11.6 Å². The number of carbonyl (C=O) groups is 1. The first-order valence-electron chi connectivity index (χ1n) is 8.99. The van der Waals surface area contributed by atoms with Crippen LogP contribution in [0, 0.1) is 0 Å². The highest BCUT2D eigenvalue weighted by atomic mass is 35.5. The molecule has 0 aliphatic heterocycles. The molecule has 2 aromatic carbocycles. The van der Waals surface area contributed by atoms with E-state index in [0.29, 0.717) is 28.3 Å². The number of rotatable bonds is 6. The van der Waals surface area contributed by atoms with Gasteiger partial charge in [0.2, 0.25) is 5.91 Å². The molecule has 4 aromatic rings. The zero-order valence-electron chi connectivity index (χ0n) is 15.3. The first-order valence-corrected chi connectivity index (χ1v) is 9.36. The van der Waals surface area contributed by atoms with Crippen molar-refractivity contribution in [3.8, 4) is 0 Å². The minimum Gasteiger partial charge on any atom is -0.311 e. The molecule has 0 unspecified atom stereocenters. The van der Waals surface area contributed by atoms with Crippen molar-refractivity contribution < 1.29 is 4.79 Å². The predicted molar refractivity (Wildman–Crippen MR) is 110 cm³/mol. The smallest absolute Gasteiger partial charge is 0.277 e. The quantitative estimate of drug-likeness (QED) is 0.529. The lowest BCUT2D eigenvalue weighted by molar-refractivity contribution is -0.116. The monoisotopic (exact) mass is 408 g/mol. The van der Waals surface area contributed by atoms with Crippen LogP contribution in [-0.4, -0.2) is 30.7 Å². The second-order valence-electron chi connectivity index (χ2n) is 6.43. The Kier molecular flexibility index (Phi) is 5.35. The molecular formula is C20H17ClN6O2. The molecule has 0 fully saturated rings. The van der Waals surface area contributed by atoms with E-state index in [9.17, 15) is 9.59 Å². The second-order valence-corrected chi connectivity index (χ2v) is 6.87. The van der Waals surface area contributed by atoms with Gasteiger partial charge in [-0.05, 0) is 29.8 Å². The number of halogens is 1. The summed E-state index contributed by atoms with van der Waals surface area (Å²) in [6.45, 7) is 0.628. The van der Waals surface area contributed by atoms with Gasteiger partial charge in [-0.15, -0.1) is 5.10 Å². The minimum absolute atomic E-state index is 0.0824. The molecule has 8 nitrogen and oxygen atoms in total. The number of fused-ring (bicyclic) bond motifs is 1. The lowest BCUT2D eigenvalue weighted by atomic mass is 10.2. The van der Waals surface area contributed by atoms with Crippen LogP contribution in [0.1, 0.15) is 12.0 Å². The van der Waals surface area contributed by atoms with E-state index in [1.807, 2.05) is 12.1 Å². The van der Waals surface area contributed by atoms with E-state index >= 15 is 0 Å². The number of carbonyl (C=O) groups excluding carboxylic acids is 1. The van der Waals surface area contributed by atoms with Crippen LogP contribution < -0.4 is 10.9 Å². The Balaban J connectivity index is 1.41. The van der Waals surface area contributed by atoms with Crippen molar-refractivity contribution in [1.29, 1.82) is 0 Å². The molecule has 29 heavy (non-hydrogen) atoms. The topological polar surface area (TPSA) is 94.7 Å². The fourth-order valence-corrected chi connectivity index (χ4v) is 3.04. The van der Waals surface area contributed by atoms with Crippen LogP contribution in [0.5, 0.6) is 0 Å². The van der Waals surface area contributed by atoms with Crippen LogP contribution in [0.4, 0.5) is 5.82 Å². The van der Waals surface area contributed by atoms with Crippen molar-refractivity contribution in [1.82, 2.24) is 24.8 Å². The molecule has 9 heteroatoms. The van der Waals surface area contributed by atoms with Crippen LogP contribution in [0.25, 0.3) is 10.9 Å². The Morgan fingerprint density at radius 1 is 1.03 bits per heavy atom. The molecule has 2 heterocycles. The fraction of sp³-hybridized carbons (Fsp3) is 0.150. The van der Waals surface area contributed by atoms with Gasteiger partial charge < -0.3 is 5.32 Å². The van der Waals surface area contributed by atoms with Gasteiger partial charge >= 0.3 is 0 Å². The van der Waals surface area contributed by atoms with Crippen molar-refractivity contribution in [2.45, 2.75) is 19.5 Å². The maximum Gasteiger partial charge on any atom is 0.277 e. The average molecular weight is 409 g/mol. The molecule has 2 aromatic heterocycles. The summed E-state index contributed by atoms with van der Waals surface area (Å²) in [5.74, 6) is 0.326. The Morgan fingerprint density at radius 3 is 2.66 bits per heavy atom. The molecule has 146 valence electrons. The van der Waals surface area contributed by atoms with Gasteiger partial charge in [0, 0.05) is 17.5 Å². The van der Waals surface area contributed by atoms with Gasteiger partial charge in [-0.1, -0.05) is 41.1 Å². The Bertz CT molecular complexity index is 1220. The van der Waals surface area contributed by atoms with Gasteiger partial charge in [-0.2, -0.15) is 5.10 Å². The Morgan fingerprint density at radius 2 is 1.83 bits per heavy atom. The Labute approximate surface area is 170 Å². The normalized spacial score (nSPS) is 10.9. The molecule has 0 bridgehead atoms. The highest BCUT2D eigenvalue weighted by molar-refractivity contribution is 6.30. The van der Waals surface area contributed by atoms with Crippen molar-refractivity contribution in [2.75, 3.05) is 5.32 Å². The predicted octanol–water partition coefficient (Wildman–Crippen LogP) is 2.72. The third-order valence-corrected chi connectivity index (χ3v) is 4.66. The molecule has 0 aliphatic carbocycles. The van der Waals surface area contributed by atoms with E-state index in [1.54, 1.807) is 53.3 Å². The van der Waals surface area contributed by atoms with Crippen molar-refractivity contribution in [2.24, 2.45) is 0 Å². The van der Waals surface area contributed by atoms with E-state index in [0.717, 1.165) is 5.56 Å². The number of anilines is 1. The van der Waals surface area contributed by atoms with Crippen LogP contribution in [0.3, 0.4) is 0 Å². The number of aryl methyl sites for hydroxylation is 1. The lowest BCUT2D eigenvalue weighted by Gasteiger charge is -2.10. The zero-order valence-corrected chi connectivity index (χ0v) is 16.1. The highest BCUT2D eigenvalue weighted by Gasteiger charge is 2.10. The lowest BCUT2D eigenvalue weighted by Crippen LogP contribution is -2.27. The summed E-state index contributed by atoms with van der Waals surface area (Å²) >= 11 is 5.91. The van der Waals surface area contributed by atoms with Crippen molar-refractivity contribution in [3.63, 3.8) is 0 Å². The molecule has 1 N–H and O–H groups in total. The summed E-state index contributed by atoms with van der Waals surface area (Å²) in [7, 11) is 0. The maximum atomic E-state index is 12.4. The number of nitrogens with zero attached hydrogens (tertiary/aromatic N) is 5. The van der Waals surface area contributed by atoms with Crippen molar-refractivity contribution >= 4 is 34.2 Å². The summed E-state index contributed by atoms with van der Waals surface area (Å²) in [5, 5.41) is 16.1. The first kappa shape index (κ1) is 18.8. The molecule has 0 saturated heterocycles. The van der Waals surface area contributed by atoms with Gasteiger partial charge in [0.15, 0.2) is 0 Å². The largest absolute Gasteiger partial charge is 0.311 e. The van der Waals surface area contributed by atoms with E-state index in [1.165, 1.54) is 4.68 Å². The molecule has 0 aliphatic rings. The molecule has 0 atom stereocenters. The van der Waals surface area contributed by atoms with E-state index < -0.39 is 0 Å². The van der Waals surface area contributed by atoms with Crippen LogP contribution in [-0.2, 0) is 17.9 Å². The zero-order chi connectivity index (χ0) is 20.2. The minimum atomic E-state index is -0.267. The SMILES string of the molecule is O=C(CCn1nnc2ccccc2c1=O)Nc1ccnn1Cc1ccc(Cl)cc1. The van der Waals surface area contributed by atoms with Crippen molar-refractivity contribution in [3.05, 3.63) is 81.7 Å². The average Bonchev–Trinajstić information content (AvgIpc) is 3.16. The maximum absolute atomic E-state index is 12.4. The first-order chi connectivity index (χ1) is 14.1. The molecule has 4 rings (SSSR count). The summed E-state index contributed by atoms with van der Waals surface area (Å²) in [5.41, 5.74) is 1.27. The Hall–Kier alpha value is -3.52. The van der Waals surface area contributed by atoms with Gasteiger partial charge in [0.1, 0.15) is 11.3 Å². The number of hydrogen-bond donors (Lipinski definition) is 1. The van der Waals surface area contributed by atoms with Crippen LogP contribution >= 0.6 is 11.6 Å². The number of aromatic nitrogens is 5. The molecule has 1 amide bonds.